The van der Waals surface area contributed by atoms with Crippen molar-refractivity contribution in [2.24, 2.45) is 0 Å². The molecule has 4 rings (SSSR count). The molecule has 1 amide bonds. The number of carbonyl (C=O) groups is 1. The number of hydrogen-bond acceptors (Lipinski definition) is 4. The van der Waals surface area contributed by atoms with E-state index in [1.807, 2.05) is 53.4 Å². The fourth-order valence-electron chi connectivity index (χ4n) is 3.70. The fraction of sp³-hybridized carbons (Fsp3) is 0.227. The Morgan fingerprint density at radius 1 is 1.18 bits per heavy atom. The van der Waals surface area contributed by atoms with Gasteiger partial charge in [0.2, 0.25) is 0 Å². The highest BCUT2D eigenvalue weighted by molar-refractivity contribution is 6.31. The summed E-state index contributed by atoms with van der Waals surface area (Å²) in [7, 11) is 1.59. The Hall–Kier alpha value is -2.92. The van der Waals surface area contributed by atoms with Gasteiger partial charge < -0.3 is 9.64 Å². The Labute approximate surface area is 169 Å². The van der Waals surface area contributed by atoms with Gasteiger partial charge in [0.15, 0.2) is 5.75 Å². The summed E-state index contributed by atoms with van der Waals surface area (Å²) in [5, 5.41) is 0.707. The van der Waals surface area contributed by atoms with Crippen LogP contribution in [0.5, 0.6) is 5.75 Å². The molecule has 5 nitrogen and oxygen atoms in total. The molecule has 0 unspecified atom stereocenters. The molecule has 2 heterocycles. The van der Waals surface area contributed by atoms with Gasteiger partial charge in [-0.05, 0) is 36.6 Å². The van der Waals surface area contributed by atoms with E-state index < -0.39 is 0 Å². The van der Waals surface area contributed by atoms with Gasteiger partial charge in [-0.2, -0.15) is 0 Å². The molecule has 3 aromatic rings. The van der Waals surface area contributed by atoms with Crippen LogP contribution in [-0.4, -0.2) is 34.4 Å². The molecule has 1 aromatic heterocycles. The Kier molecular flexibility index (Phi) is 5.26. The lowest BCUT2D eigenvalue weighted by molar-refractivity contribution is 0.0736. The summed E-state index contributed by atoms with van der Waals surface area (Å²) >= 11 is 6.38. The summed E-state index contributed by atoms with van der Waals surface area (Å²) in [5.74, 6) is 0.614. The number of hydrogen-bond donors (Lipinski definition) is 0. The molecule has 0 aliphatic carbocycles. The molecule has 1 saturated heterocycles. The molecule has 1 aliphatic rings. The van der Waals surface area contributed by atoms with E-state index in [1.54, 1.807) is 13.3 Å². The predicted molar refractivity (Wildman–Crippen MR) is 108 cm³/mol. The number of rotatable bonds is 4. The first kappa shape index (κ1) is 18.4. The average molecular weight is 394 g/mol. The van der Waals surface area contributed by atoms with Crippen molar-refractivity contribution < 1.29 is 9.53 Å². The van der Waals surface area contributed by atoms with E-state index in [4.69, 9.17) is 16.3 Å². The molecule has 0 saturated carbocycles. The lowest BCUT2D eigenvalue weighted by atomic mass is 10.0. The van der Waals surface area contributed by atoms with E-state index in [0.717, 1.165) is 30.5 Å². The van der Waals surface area contributed by atoms with Crippen LogP contribution in [0.4, 0.5) is 0 Å². The molecule has 28 heavy (non-hydrogen) atoms. The topological polar surface area (TPSA) is 55.3 Å². The third-order valence-corrected chi connectivity index (χ3v) is 5.43. The van der Waals surface area contributed by atoms with Crippen molar-refractivity contribution in [1.82, 2.24) is 14.9 Å². The number of likely N-dealkylation sites (tertiary alicyclic amines) is 1. The number of methoxy groups -OCH3 is 1. The highest BCUT2D eigenvalue weighted by Gasteiger charge is 2.31. The standard InChI is InChI=1S/C22H20ClN3O2/c1-28-20-13-24-14-25-21(20)15-8-10-16(11-9-15)22(27)26-12-4-7-19(26)17-5-2-3-6-18(17)23/h2-3,5-6,8-11,13-14,19H,4,7,12H2,1H3/t19-/m1/s1. The quantitative estimate of drug-likeness (QED) is 0.639. The van der Waals surface area contributed by atoms with Crippen molar-refractivity contribution in [3.8, 4) is 17.0 Å². The SMILES string of the molecule is COc1cncnc1-c1ccc(C(=O)N2CCC[C@@H]2c2ccccc2Cl)cc1. The van der Waals surface area contributed by atoms with E-state index in [2.05, 4.69) is 9.97 Å². The van der Waals surface area contributed by atoms with Crippen LogP contribution in [0.2, 0.25) is 5.02 Å². The lowest BCUT2D eigenvalue weighted by Crippen LogP contribution is -2.30. The van der Waals surface area contributed by atoms with Crippen LogP contribution >= 0.6 is 11.6 Å². The van der Waals surface area contributed by atoms with Crippen LogP contribution in [0.15, 0.2) is 61.1 Å². The van der Waals surface area contributed by atoms with Crippen molar-refractivity contribution >= 4 is 17.5 Å². The monoisotopic (exact) mass is 393 g/mol. The van der Waals surface area contributed by atoms with Crippen molar-refractivity contribution in [2.75, 3.05) is 13.7 Å². The van der Waals surface area contributed by atoms with E-state index in [0.29, 0.717) is 22.0 Å². The van der Waals surface area contributed by atoms with Gasteiger partial charge in [0, 0.05) is 22.7 Å². The minimum Gasteiger partial charge on any atom is -0.493 e. The van der Waals surface area contributed by atoms with Crippen LogP contribution in [0.1, 0.15) is 34.8 Å². The van der Waals surface area contributed by atoms with Gasteiger partial charge in [-0.3, -0.25) is 4.79 Å². The van der Waals surface area contributed by atoms with Gasteiger partial charge in [0.1, 0.15) is 12.0 Å². The number of aromatic nitrogens is 2. The smallest absolute Gasteiger partial charge is 0.254 e. The lowest BCUT2D eigenvalue weighted by Gasteiger charge is -2.26. The van der Waals surface area contributed by atoms with Gasteiger partial charge in [-0.25, -0.2) is 9.97 Å². The van der Waals surface area contributed by atoms with E-state index >= 15 is 0 Å². The van der Waals surface area contributed by atoms with Gasteiger partial charge in [-0.1, -0.05) is 41.9 Å². The number of nitrogens with zero attached hydrogens (tertiary/aromatic N) is 3. The number of benzene rings is 2. The van der Waals surface area contributed by atoms with Crippen molar-refractivity contribution in [2.45, 2.75) is 18.9 Å². The number of amides is 1. The maximum Gasteiger partial charge on any atom is 0.254 e. The second-order valence-corrected chi connectivity index (χ2v) is 7.10. The van der Waals surface area contributed by atoms with Gasteiger partial charge >= 0.3 is 0 Å². The summed E-state index contributed by atoms with van der Waals surface area (Å²) in [6.07, 6.45) is 5.00. The summed E-state index contributed by atoms with van der Waals surface area (Å²) in [6.45, 7) is 0.732. The fourth-order valence-corrected chi connectivity index (χ4v) is 3.96. The maximum absolute atomic E-state index is 13.1. The minimum absolute atomic E-state index is 0.0165. The minimum atomic E-state index is 0.0165. The second kappa shape index (κ2) is 7.98. The number of carbonyl (C=O) groups excluding carboxylic acids is 1. The molecule has 6 heteroatoms. The molecule has 1 atom stereocenters. The third-order valence-electron chi connectivity index (χ3n) is 5.08. The second-order valence-electron chi connectivity index (χ2n) is 6.70. The van der Waals surface area contributed by atoms with E-state index in [1.165, 1.54) is 6.33 Å². The van der Waals surface area contributed by atoms with Crippen LogP contribution < -0.4 is 4.74 Å². The zero-order valence-electron chi connectivity index (χ0n) is 15.5. The molecule has 0 spiro atoms. The molecule has 0 radical (unpaired) electrons. The average Bonchev–Trinajstić information content (AvgIpc) is 3.23. The third kappa shape index (κ3) is 3.45. The van der Waals surface area contributed by atoms with Crippen molar-refractivity contribution in [3.63, 3.8) is 0 Å². The maximum atomic E-state index is 13.1. The zero-order chi connectivity index (χ0) is 19.5. The molecule has 142 valence electrons. The molecule has 2 aromatic carbocycles. The van der Waals surface area contributed by atoms with E-state index in [9.17, 15) is 4.79 Å². The highest BCUT2D eigenvalue weighted by Crippen LogP contribution is 2.36. The first-order valence-corrected chi connectivity index (χ1v) is 9.56. The van der Waals surface area contributed by atoms with Crippen LogP contribution in [0.3, 0.4) is 0 Å². The summed E-state index contributed by atoms with van der Waals surface area (Å²) in [5.41, 5.74) is 3.24. The van der Waals surface area contributed by atoms with Crippen molar-refractivity contribution in [1.29, 1.82) is 0 Å². The first-order chi connectivity index (χ1) is 13.7. The van der Waals surface area contributed by atoms with Gasteiger partial charge in [0.25, 0.3) is 5.91 Å². The largest absolute Gasteiger partial charge is 0.493 e. The summed E-state index contributed by atoms with van der Waals surface area (Å²) in [6, 6.07) is 15.2. The Balaban J connectivity index is 1.59. The number of halogens is 1. The molecule has 0 bridgehead atoms. The first-order valence-electron chi connectivity index (χ1n) is 9.19. The molecular weight excluding hydrogens is 374 g/mol. The molecular formula is C22H20ClN3O2. The van der Waals surface area contributed by atoms with Crippen LogP contribution in [0, 0.1) is 0 Å². The summed E-state index contributed by atoms with van der Waals surface area (Å²) in [4.78, 5) is 23.3. The van der Waals surface area contributed by atoms with Gasteiger partial charge in [-0.15, -0.1) is 0 Å². The van der Waals surface area contributed by atoms with Crippen molar-refractivity contribution in [3.05, 3.63) is 77.2 Å². The molecule has 1 fully saturated rings. The van der Waals surface area contributed by atoms with Crippen LogP contribution in [-0.2, 0) is 0 Å². The van der Waals surface area contributed by atoms with Gasteiger partial charge in [0.05, 0.1) is 19.3 Å². The zero-order valence-corrected chi connectivity index (χ0v) is 16.3. The Morgan fingerprint density at radius 2 is 1.96 bits per heavy atom. The predicted octanol–water partition coefficient (Wildman–Crippen LogP) is 4.78. The number of ether oxygens (including phenoxy) is 1. The normalized spacial score (nSPS) is 16.2. The Morgan fingerprint density at radius 3 is 2.71 bits per heavy atom. The molecule has 1 aliphatic heterocycles. The Bertz CT molecular complexity index is 991. The van der Waals surface area contributed by atoms with Crippen LogP contribution in [0.25, 0.3) is 11.3 Å². The van der Waals surface area contributed by atoms with E-state index in [-0.39, 0.29) is 11.9 Å². The molecule has 0 N–H and O–H groups in total. The summed E-state index contributed by atoms with van der Waals surface area (Å²) < 4.78 is 5.32. The highest BCUT2D eigenvalue weighted by atomic mass is 35.5.